The lowest BCUT2D eigenvalue weighted by molar-refractivity contribution is 0.0704. The van der Waals surface area contributed by atoms with E-state index in [0.717, 1.165) is 73.3 Å². The Morgan fingerprint density at radius 3 is 2.81 bits per heavy atom. The van der Waals surface area contributed by atoms with Crippen LogP contribution in [0.25, 0.3) is 11.0 Å². The number of hydrogen-bond acceptors (Lipinski definition) is 3. The summed E-state index contributed by atoms with van der Waals surface area (Å²) >= 11 is 0. The molecule has 6 heteroatoms. The van der Waals surface area contributed by atoms with Crippen molar-refractivity contribution in [1.29, 1.82) is 0 Å². The number of aromatic amines is 2. The van der Waals surface area contributed by atoms with E-state index in [2.05, 4.69) is 40.3 Å². The van der Waals surface area contributed by atoms with E-state index >= 15 is 0 Å². The molecule has 2 N–H and O–H groups in total. The molecule has 3 heterocycles. The number of rotatable bonds is 2. The first-order chi connectivity index (χ1) is 13.2. The van der Waals surface area contributed by atoms with Crippen molar-refractivity contribution in [3.8, 4) is 0 Å². The molecule has 140 valence electrons. The van der Waals surface area contributed by atoms with Crippen molar-refractivity contribution in [2.75, 3.05) is 13.1 Å². The molecule has 1 saturated heterocycles. The van der Waals surface area contributed by atoms with Crippen LogP contribution in [0.3, 0.4) is 0 Å². The van der Waals surface area contributed by atoms with E-state index in [9.17, 15) is 4.79 Å². The van der Waals surface area contributed by atoms with Crippen LogP contribution in [-0.4, -0.2) is 44.1 Å². The Labute approximate surface area is 158 Å². The number of hydrogen-bond donors (Lipinski definition) is 2. The van der Waals surface area contributed by atoms with E-state index in [-0.39, 0.29) is 5.91 Å². The lowest BCUT2D eigenvalue weighted by Crippen LogP contribution is -2.38. The van der Waals surface area contributed by atoms with Crippen molar-refractivity contribution < 1.29 is 4.79 Å². The number of carbonyl (C=O) groups is 1. The number of benzene rings is 1. The number of carbonyl (C=O) groups excluding carboxylic acids is 1. The van der Waals surface area contributed by atoms with Gasteiger partial charge in [-0.2, -0.15) is 5.10 Å². The molecule has 2 aliphatic rings. The van der Waals surface area contributed by atoms with Gasteiger partial charge in [-0.3, -0.25) is 9.89 Å². The third-order valence-corrected chi connectivity index (χ3v) is 6.16. The summed E-state index contributed by atoms with van der Waals surface area (Å²) in [7, 11) is 0. The number of nitrogens with zero attached hydrogens (tertiary/aromatic N) is 3. The normalized spacial score (nSPS) is 18.0. The summed E-state index contributed by atoms with van der Waals surface area (Å²) in [6, 6.07) is 6.24. The summed E-state index contributed by atoms with van der Waals surface area (Å²) in [5.41, 5.74) is 6.34. The molecule has 1 fully saturated rings. The quantitative estimate of drug-likeness (QED) is 0.731. The Morgan fingerprint density at radius 2 is 2.00 bits per heavy atom. The molecule has 0 atom stereocenters. The molecule has 1 amide bonds. The number of aromatic nitrogens is 4. The van der Waals surface area contributed by atoms with Gasteiger partial charge in [0, 0.05) is 30.3 Å². The van der Waals surface area contributed by atoms with Gasteiger partial charge in [0.15, 0.2) is 5.69 Å². The van der Waals surface area contributed by atoms with Crippen LogP contribution in [0.5, 0.6) is 0 Å². The van der Waals surface area contributed by atoms with Crippen LogP contribution in [0, 0.1) is 6.92 Å². The molecule has 5 rings (SSSR count). The van der Waals surface area contributed by atoms with Gasteiger partial charge in [-0.05, 0) is 57.1 Å². The van der Waals surface area contributed by atoms with Gasteiger partial charge >= 0.3 is 0 Å². The Hall–Kier alpha value is -2.63. The smallest absolute Gasteiger partial charge is 0.274 e. The molecule has 1 aliphatic heterocycles. The predicted molar refractivity (Wildman–Crippen MR) is 104 cm³/mol. The number of likely N-dealkylation sites (tertiary alicyclic amines) is 1. The van der Waals surface area contributed by atoms with E-state index in [1.807, 2.05) is 4.90 Å². The average molecular weight is 363 g/mol. The molecule has 1 aliphatic carbocycles. The zero-order valence-electron chi connectivity index (χ0n) is 15.7. The van der Waals surface area contributed by atoms with Crippen molar-refractivity contribution in [3.63, 3.8) is 0 Å². The van der Waals surface area contributed by atoms with Gasteiger partial charge in [0.05, 0.1) is 11.0 Å². The van der Waals surface area contributed by atoms with Gasteiger partial charge in [0.2, 0.25) is 0 Å². The molecule has 0 bridgehead atoms. The molecule has 3 aromatic rings. The van der Waals surface area contributed by atoms with Crippen LogP contribution >= 0.6 is 0 Å². The van der Waals surface area contributed by atoms with Crippen LogP contribution in [0.15, 0.2) is 18.2 Å². The maximum absolute atomic E-state index is 13.0. The van der Waals surface area contributed by atoms with Gasteiger partial charge in [0.1, 0.15) is 5.82 Å². The van der Waals surface area contributed by atoms with E-state index in [4.69, 9.17) is 4.98 Å². The maximum atomic E-state index is 13.0. The summed E-state index contributed by atoms with van der Waals surface area (Å²) in [6.07, 6.45) is 6.21. The highest BCUT2D eigenvalue weighted by Crippen LogP contribution is 2.30. The number of fused-ring (bicyclic) bond motifs is 2. The molecule has 1 aromatic carbocycles. The van der Waals surface area contributed by atoms with Crippen LogP contribution in [0.1, 0.15) is 64.7 Å². The van der Waals surface area contributed by atoms with Gasteiger partial charge in [-0.1, -0.05) is 12.1 Å². The molecule has 2 aromatic heterocycles. The minimum absolute atomic E-state index is 0.0910. The Morgan fingerprint density at radius 1 is 1.19 bits per heavy atom. The number of imidazole rings is 1. The molecule has 0 spiro atoms. The highest BCUT2D eigenvalue weighted by Gasteiger charge is 2.30. The van der Waals surface area contributed by atoms with Crippen LogP contribution in [-0.2, 0) is 12.8 Å². The molecule has 6 nitrogen and oxygen atoms in total. The Bertz CT molecular complexity index is 993. The monoisotopic (exact) mass is 363 g/mol. The van der Waals surface area contributed by atoms with Gasteiger partial charge in [0.25, 0.3) is 5.91 Å². The number of amides is 1. The average Bonchev–Trinajstić information content (AvgIpc) is 3.33. The fourth-order valence-corrected chi connectivity index (χ4v) is 4.55. The predicted octanol–water partition coefficient (Wildman–Crippen LogP) is 3.49. The number of H-pyrrole nitrogens is 2. The number of aryl methyl sites for hydroxylation is 2. The maximum Gasteiger partial charge on any atom is 0.274 e. The summed E-state index contributed by atoms with van der Waals surface area (Å²) in [5, 5.41) is 7.44. The van der Waals surface area contributed by atoms with E-state index in [1.165, 1.54) is 12.0 Å². The largest absolute Gasteiger partial charge is 0.342 e. The van der Waals surface area contributed by atoms with Crippen LogP contribution in [0.2, 0.25) is 0 Å². The zero-order chi connectivity index (χ0) is 18.4. The number of nitrogens with one attached hydrogen (secondary N) is 2. The summed E-state index contributed by atoms with van der Waals surface area (Å²) in [4.78, 5) is 23.3. The lowest BCUT2D eigenvalue weighted by atomic mass is 9.94. The molecule has 27 heavy (non-hydrogen) atoms. The van der Waals surface area contributed by atoms with Crippen molar-refractivity contribution in [1.82, 2.24) is 25.1 Å². The fourth-order valence-electron chi connectivity index (χ4n) is 4.55. The summed E-state index contributed by atoms with van der Waals surface area (Å²) in [5.74, 6) is 1.53. The first-order valence-electron chi connectivity index (χ1n) is 10.0. The second-order valence-electron chi connectivity index (χ2n) is 7.90. The van der Waals surface area contributed by atoms with Gasteiger partial charge < -0.3 is 9.88 Å². The number of para-hydroxylation sites is 1. The third-order valence-electron chi connectivity index (χ3n) is 6.16. The summed E-state index contributed by atoms with van der Waals surface area (Å²) in [6.45, 7) is 3.63. The van der Waals surface area contributed by atoms with Crippen molar-refractivity contribution in [2.45, 2.75) is 51.4 Å². The van der Waals surface area contributed by atoms with E-state index in [1.54, 1.807) is 0 Å². The highest BCUT2D eigenvalue weighted by atomic mass is 16.2. The highest BCUT2D eigenvalue weighted by molar-refractivity contribution is 5.94. The molecule has 0 radical (unpaired) electrons. The molecular formula is C21H25N5O. The SMILES string of the molecule is Cc1cccc2[nH]c(C3CCN(C(=O)c4n[nH]c5c4CCCC5)CC3)nc12. The third kappa shape index (κ3) is 2.83. The Kier molecular flexibility index (Phi) is 3.99. The zero-order valence-corrected chi connectivity index (χ0v) is 15.7. The standard InChI is InChI=1S/C21H25N5O/c1-13-5-4-8-17-18(13)23-20(22-17)14-9-11-26(12-10-14)21(27)19-15-6-2-3-7-16(15)24-25-19/h4-5,8,14H,2-3,6-7,9-12H2,1H3,(H,22,23)(H,24,25). The van der Waals surface area contributed by atoms with Crippen LogP contribution in [0.4, 0.5) is 0 Å². The second kappa shape index (κ2) is 6.51. The van der Waals surface area contributed by atoms with Crippen molar-refractivity contribution in [2.24, 2.45) is 0 Å². The second-order valence-corrected chi connectivity index (χ2v) is 7.90. The number of piperidine rings is 1. The molecular weight excluding hydrogens is 338 g/mol. The lowest BCUT2D eigenvalue weighted by Gasteiger charge is -2.31. The minimum atomic E-state index is 0.0910. The van der Waals surface area contributed by atoms with Crippen molar-refractivity contribution >= 4 is 16.9 Å². The minimum Gasteiger partial charge on any atom is -0.342 e. The van der Waals surface area contributed by atoms with Gasteiger partial charge in [-0.25, -0.2) is 4.98 Å². The first kappa shape index (κ1) is 16.5. The summed E-state index contributed by atoms with van der Waals surface area (Å²) < 4.78 is 0. The van der Waals surface area contributed by atoms with E-state index in [0.29, 0.717) is 11.6 Å². The molecule has 0 saturated carbocycles. The van der Waals surface area contributed by atoms with Crippen LogP contribution < -0.4 is 0 Å². The molecule has 0 unspecified atom stereocenters. The Balaban J connectivity index is 1.30. The fraction of sp³-hybridized carbons (Fsp3) is 0.476. The van der Waals surface area contributed by atoms with Crippen molar-refractivity contribution in [3.05, 3.63) is 46.5 Å². The first-order valence-corrected chi connectivity index (χ1v) is 10.0. The van der Waals surface area contributed by atoms with E-state index < -0.39 is 0 Å². The van der Waals surface area contributed by atoms with Gasteiger partial charge in [-0.15, -0.1) is 0 Å². The topological polar surface area (TPSA) is 77.7 Å².